The number of H-pyrrole nitrogens is 1. The highest BCUT2D eigenvalue weighted by Crippen LogP contribution is 2.01. The molecule has 6 nitrogen and oxygen atoms in total. The zero-order chi connectivity index (χ0) is 10.2. The van der Waals surface area contributed by atoms with Gasteiger partial charge >= 0.3 is 0 Å². The first kappa shape index (κ1) is 9.76. The third kappa shape index (κ3) is 3.38. The van der Waals surface area contributed by atoms with E-state index in [9.17, 15) is 9.59 Å². The van der Waals surface area contributed by atoms with Crippen LogP contribution in [0.4, 0.5) is 0 Å². The molecule has 0 amide bonds. The van der Waals surface area contributed by atoms with Crippen molar-refractivity contribution in [1.29, 1.82) is 0 Å². The first-order chi connectivity index (χ1) is 6.83. The van der Waals surface area contributed by atoms with Crippen molar-refractivity contribution in [2.45, 2.75) is 0 Å². The van der Waals surface area contributed by atoms with Crippen LogP contribution < -0.4 is 5.56 Å². The Morgan fingerprint density at radius 3 is 2.57 bits per heavy atom. The summed E-state index contributed by atoms with van der Waals surface area (Å²) in [6, 6.07) is 0. The van der Waals surface area contributed by atoms with Gasteiger partial charge in [-0.3, -0.25) is 9.78 Å². The van der Waals surface area contributed by atoms with E-state index in [1.165, 1.54) is 30.9 Å². The third-order valence-corrected chi connectivity index (χ3v) is 1.15. The summed E-state index contributed by atoms with van der Waals surface area (Å²) in [7, 11) is 0. The summed E-state index contributed by atoms with van der Waals surface area (Å²) in [6.45, 7) is 0. The maximum Gasteiger partial charge on any atom is 0.266 e. The average molecular weight is 190 g/mol. The van der Waals surface area contributed by atoms with E-state index in [-0.39, 0.29) is 11.3 Å². The van der Waals surface area contributed by atoms with Crippen molar-refractivity contribution in [3.63, 3.8) is 0 Å². The molecule has 0 saturated heterocycles. The maximum absolute atomic E-state index is 10.2. The number of allylic oxidation sites excluding steroid dienone is 1. The predicted molar refractivity (Wildman–Crippen MR) is 48.1 cm³/mol. The van der Waals surface area contributed by atoms with E-state index in [4.69, 9.17) is 0 Å². The van der Waals surface area contributed by atoms with Crippen molar-refractivity contribution in [2.24, 2.45) is 10.2 Å². The van der Waals surface area contributed by atoms with E-state index in [1.807, 2.05) is 0 Å². The Hall–Kier alpha value is -2.33. The maximum atomic E-state index is 10.2. The Kier molecular flexibility index (Phi) is 3.72. The number of azo groups is 1. The van der Waals surface area contributed by atoms with Crippen molar-refractivity contribution in [2.75, 3.05) is 0 Å². The van der Waals surface area contributed by atoms with E-state index >= 15 is 0 Å². The monoisotopic (exact) mass is 190 g/mol. The highest BCUT2D eigenvalue weighted by atomic mass is 16.1. The van der Waals surface area contributed by atoms with Crippen molar-refractivity contribution in [3.8, 4) is 0 Å². The third-order valence-electron chi connectivity index (χ3n) is 1.15. The van der Waals surface area contributed by atoms with Crippen molar-refractivity contribution < 1.29 is 4.79 Å². The molecule has 0 saturated carbocycles. The van der Waals surface area contributed by atoms with E-state index in [2.05, 4.69) is 20.2 Å². The van der Waals surface area contributed by atoms with Gasteiger partial charge in [-0.2, -0.15) is 5.11 Å². The topological polar surface area (TPSA) is 87.5 Å². The molecule has 0 atom stereocenters. The molecule has 70 valence electrons. The van der Waals surface area contributed by atoms with Crippen LogP contribution in [0.1, 0.15) is 0 Å². The van der Waals surface area contributed by atoms with E-state index in [0.29, 0.717) is 0 Å². The van der Waals surface area contributed by atoms with Gasteiger partial charge in [-0.1, -0.05) is 0 Å². The van der Waals surface area contributed by atoms with Crippen LogP contribution >= 0.6 is 0 Å². The van der Waals surface area contributed by atoms with Gasteiger partial charge in [0.15, 0.2) is 11.6 Å². The number of rotatable bonds is 0. The normalized spacial score (nSPS) is 11.9. The SMILES string of the molecule is O=C=C1C=CN=N1.O=c1cncc[nH]1. The molecular weight excluding hydrogens is 184 g/mol. The summed E-state index contributed by atoms with van der Waals surface area (Å²) in [5.74, 6) is 1.58. The molecule has 0 unspecified atom stereocenters. The Labute approximate surface area is 78.7 Å². The van der Waals surface area contributed by atoms with Crippen molar-refractivity contribution >= 4 is 5.94 Å². The zero-order valence-corrected chi connectivity index (χ0v) is 7.04. The number of nitrogens with one attached hydrogen (secondary N) is 1. The Bertz CT molecular complexity index is 423. The summed E-state index contributed by atoms with van der Waals surface area (Å²) in [6.07, 6.45) is 7.16. The highest BCUT2D eigenvalue weighted by Gasteiger charge is 1.90. The molecule has 1 aliphatic rings. The molecule has 1 N–H and O–H groups in total. The van der Waals surface area contributed by atoms with Crippen LogP contribution in [0.15, 0.2) is 51.6 Å². The number of nitrogens with zero attached hydrogens (tertiary/aromatic N) is 3. The molecule has 0 bridgehead atoms. The van der Waals surface area contributed by atoms with Gasteiger partial charge < -0.3 is 4.98 Å². The van der Waals surface area contributed by atoms with Crippen LogP contribution in [0, 0.1) is 0 Å². The lowest BCUT2D eigenvalue weighted by Crippen LogP contribution is -2.01. The first-order valence-electron chi connectivity index (χ1n) is 3.64. The van der Waals surface area contributed by atoms with Crippen LogP contribution in [-0.2, 0) is 4.79 Å². The van der Waals surface area contributed by atoms with Gasteiger partial charge in [0.1, 0.15) is 0 Å². The Morgan fingerprint density at radius 2 is 2.29 bits per heavy atom. The molecular formula is C8H6N4O2. The van der Waals surface area contributed by atoms with Crippen molar-refractivity contribution in [1.82, 2.24) is 9.97 Å². The van der Waals surface area contributed by atoms with Crippen LogP contribution in [0.5, 0.6) is 0 Å². The predicted octanol–water partition coefficient (Wildman–Crippen LogP) is 0.451. The lowest BCUT2D eigenvalue weighted by molar-refractivity contribution is 0.567. The fraction of sp³-hybridized carbons (Fsp3) is 0. The van der Waals surface area contributed by atoms with Crippen LogP contribution in [0.2, 0.25) is 0 Å². The minimum Gasteiger partial charge on any atom is -0.326 e. The average Bonchev–Trinajstić information content (AvgIpc) is 2.72. The molecule has 0 fully saturated rings. The molecule has 2 heterocycles. The lowest BCUT2D eigenvalue weighted by atomic mass is 10.5. The molecule has 0 spiro atoms. The van der Waals surface area contributed by atoms with Gasteiger partial charge in [0.25, 0.3) is 5.56 Å². The molecule has 0 radical (unpaired) electrons. The molecule has 1 aromatic rings. The number of hydrogen-bond donors (Lipinski definition) is 1. The van der Waals surface area contributed by atoms with E-state index in [1.54, 1.807) is 5.94 Å². The van der Waals surface area contributed by atoms with Gasteiger partial charge in [-0.05, 0) is 6.08 Å². The molecule has 14 heavy (non-hydrogen) atoms. The summed E-state index contributed by atoms with van der Waals surface area (Å²) in [4.78, 5) is 25.7. The van der Waals surface area contributed by atoms with Crippen LogP contribution in [0.25, 0.3) is 0 Å². The number of aromatic nitrogens is 2. The lowest BCUT2D eigenvalue weighted by Gasteiger charge is -1.73. The summed E-state index contributed by atoms with van der Waals surface area (Å²) >= 11 is 0. The minimum atomic E-state index is -0.164. The standard InChI is InChI=1S/C4H4N2O.C4H2N2O/c7-4-3-5-1-2-6-4;7-3-4-1-2-5-6-4/h1-3H,(H,6,7);1-2H. The van der Waals surface area contributed by atoms with Crippen LogP contribution in [0.3, 0.4) is 0 Å². The molecule has 2 rings (SSSR count). The summed E-state index contributed by atoms with van der Waals surface area (Å²) in [5, 5.41) is 6.74. The smallest absolute Gasteiger partial charge is 0.266 e. The highest BCUT2D eigenvalue weighted by molar-refractivity contribution is 5.56. The van der Waals surface area contributed by atoms with E-state index < -0.39 is 0 Å². The quantitative estimate of drug-likeness (QED) is 0.602. The second-order valence-electron chi connectivity index (χ2n) is 2.12. The Balaban J connectivity index is 0.000000140. The number of hydrogen-bond acceptors (Lipinski definition) is 5. The fourth-order valence-corrected chi connectivity index (χ4v) is 0.598. The van der Waals surface area contributed by atoms with E-state index in [0.717, 1.165) is 0 Å². The van der Waals surface area contributed by atoms with Crippen molar-refractivity contribution in [3.05, 3.63) is 46.9 Å². The summed E-state index contributed by atoms with van der Waals surface area (Å²) < 4.78 is 0. The fourth-order valence-electron chi connectivity index (χ4n) is 0.598. The summed E-state index contributed by atoms with van der Waals surface area (Å²) in [5.41, 5.74) is 0.0995. The molecule has 1 aromatic heterocycles. The van der Waals surface area contributed by atoms with Gasteiger partial charge in [-0.15, -0.1) is 5.11 Å². The minimum absolute atomic E-state index is 0.164. The van der Waals surface area contributed by atoms with Gasteiger partial charge in [0.05, 0.1) is 12.4 Å². The molecule has 0 aromatic carbocycles. The zero-order valence-electron chi connectivity index (χ0n) is 7.04. The Morgan fingerprint density at radius 1 is 1.43 bits per heavy atom. The molecule has 1 aliphatic heterocycles. The second kappa shape index (κ2) is 5.34. The molecule has 6 heteroatoms. The molecule has 0 aliphatic carbocycles. The largest absolute Gasteiger partial charge is 0.326 e. The second-order valence-corrected chi connectivity index (χ2v) is 2.12. The van der Waals surface area contributed by atoms with Gasteiger partial charge in [0, 0.05) is 12.4 Å². The van der Waals surface area contributed by atoms with Gasteiger partial charge in [0.2, 0.25) is 0 Å². The number of carbonyl (C=O) groups excluding carboxylic acids is 1. The number of aromatic amines is 1. The first-order valence-corrected chi connectivity index (χ1v) is 3.64. The van der Waals surface area contributed by atoms with Crippen LogP contribution in [-0.4, -0.2) is 15.9 Å². The van der Waals surface area contributed by atoms with Gasteiger partial charge in [-0.25, -0.2) is 4.79 Å².